The normalized spacial score (nSPS) is 13.0. The fourth-order valence-electron chi connectivity index (χ4n) is 2.04. The lowest BCUT2D eigenvalue weighted by Gasteiger charge is -2.21. The first-order chi connectivity index (χ1) is 8.52. The molecule has 0 spiro atoms. The van der Waals surface area contributed by atoms with Crippen molar-refractivity contribution in [2.24, 2.45) is 11.8 Å². The minimum atomic E-state index is -0.164. The largest absolute Gasteiger partial charge is 0.316 e. The zero-order chi connectivity index (χ0) is 13.5. The molecule has 0 aliphatic rings. The first kappa shape index (κ1) is 15.6. The summed E-state index contributed by atoms with van der Waals surface area (Å²) in [5.74, 6) is 0.977. The van der Waals surface area contributed by atoms with Crippen molar-refractivity contribution in [1.82, 2.24) is 5.32 Å². The first-order valence-electron chi connectivity index (χ1n) is 6.68. The van der Waals surface area contributed by atoms with Crippen LogP contribution in [0.25, 0.3) is 0 Å². The van der Waals surface area contributed by atoms with E-state index in [1.807, 2.05) is 6.07 Å². The van der Waals surface area contributed by atoms with E-state index in [-0.39, 0.29) is 5.82 Å². The molecule has 1 aromatic rings. The van der Waals surface area contributed by atoms with Gasteiger partial charge in [-0.05, 0) is 61.5 Å². The number of hydrogen-bond donors (Lipinski definition) is 1. The number of benzene rings is 1. The Morgan fingerprint density at radius 1 is 1.28 bits per heavy atom. The molecule has 102 valence electrons. The fraction of sp³-hybridized carbons (Fsp3) is 0.600. The summed E-state index contributed by atoms with van der Waals surface area (Å²) in [6.45, 7) is 8.68. The minimum absolute atomic E-state index is 0.164. The molecular weight excluding hydrogens is 293 g/mol. The number of nitrogens with one attached hydrogen (secondary N) is 1. The van der Waals surface area contributed by atoms with Gasteiger partial charge in [0.15, 0.2) is 0 Å². The van der Waals surface area contributed by atoms with E-state index in [0.717, 1.165) is 36.0 Å². The second-order valence-electron chi connectivity index (χ2n) is 5.19. The summed E-state index contributed by atoms with van der Waals surface area (Å²) in [5.41, 5.74) is 1.07. The van der Waals surface area contributed by atoms with Gasteiger partial charge in [-0.2, -0.15) is 0 Å². The molecule has 0 radical (unpaired) electrons. The summed E-state index contributed by atoms with van der Waals surface area (Å²) >= 11 is 3.35. The molecule has 0 aliphatic heterocycles. The third kappa shape index (κ3) is 5.49. The molecule has 1 rings (SSSR count). The Kier molecular flexibility index (Phi) is 6.87. The molecule has 1 nitrogen and oxygen atoms in total. The van der Waals surface area contributed by atoms with Crippen molar-refractivity contribution >= 4 is 15.9 Å². The van der Waals surface area contributed by atoms with Gasteiger partial charge in [0.05, 0.1) is 0 Å². The van der Waals surface area contributed by atoms with Gasteiger partial charge >= 0.3 is 0 Å². The van der Waals surface area contributed by atoms with Crippen molar-refractivity contribution in [2.75, 3.05) is 13.1 Å². The zero-order valence-electron chi connectivity index (χ0n) is 11.5. The Labute approximate surface area is 118 Å². The van der Waals surface area contributed by atoms with Crippen LogP contribution in [-0.4, -0.2) is 13.1 Å². The monoisotopic (exact) mass is 315 g/mol. The Balaban J connectivity index is 2.64. The zero-order valence-corrected chi connectivity index (χ0v) is 13.1. The third-order valence-corrected chi connectivity index (χ3v) is 3.65. The van der Waals surface area contributed by atoms with E-state index in [4.69, 9.17) is 0 Å². The molecule has 0 heterocycles. The van der Waals surface area contributed by atoms with Crippen molar-refractivity contribution in [2.45, 2.75) is 33.6 Å². The molecule has 0 amide bonds. The quantitative estimate of drug-likeness (QED) is 0.735. The van der Waals surface area contributed by atoms with Crippen LogP contribution >= 0.6 is 15.9 Å². The van der Waals surface area contributed by atoms with Crippen molar-refractivity contribution < 1.29 is 4.39 Å². The van der Waals surface area contributed by atoms with Gasteiger partial charge < -0.3 is 5.32 Å². The van der Waals surface area contributed by atoms with Gasteiger partial charge in [-0.3, -0.25) is 0 Å². The summed E-state index contributed by atoms with van der Waals surface area (Å²) in [4.78, 5) is 0. The average Bonchev–Trinajstić information content (AvgIpc) is 2.26. The number of halogens is 2. The highest BCUT2D eigenvalue weighted by Crippen LogP contribution is 2.21. The molecule has 1 aromatic carbocycles. The van der Waals surface area contributed by atoms with Crippen LogP contribution in [0.3, 0.4) is 0 Å². The third-order valence-electron chi connectivity index (χ3n) is 3.20. The maximum Gasteiger partial charge on any atom is 0.124 e. The number of hydrogen-bond acceptors (Lipinski definition) is 1. The van der Waals surface area contributed by atoms with Crippen molar-refractivity contribution in [1.29, 1.82) is 0 Å². The van der Waals surface area contributed by atoms with E-state index in [9.17, 15) is 4.39 Å². The van der Waals surface area contributed by atoms with Gasteiger partial charge in [0.25, 0.3) is 0 Å². The molecule has 1 N–H and O–H groups in total. The highest BCUT2D eigenvalue weighted by molar-refractivity contribution is 9.10. The summed E-state index contributed by atoms with van der Waals surface area (Å²) in [6, 6.07) is 5.15. The SMILES string of the molecule is CCCNCC(Cc1cc(F)cc(Br)c1)C(C)C. The van der Waals surface area contributed by atoms with Gasteiger partial charge in [-0.15, -0.1) is 0 Å². The van der Waals surface area contributed by atoms with E-state index >= 15 is 0 Å². The van der Waals surface area contributed by atoms with Gasteiger partial charge in [0.1, 0.15) is 5.82 Å². The standard InChI is InChI=1S/C15H23BrFN/c1-4-5-18-10-13(11(2)3)6-12-7-14(16)9-15(17)8-12/h7-9,11,13,18H,4-6,10H2,1-3H3. The molecule has 0 saturated carbocycles. The second-order valence-corrected chi connectivity index (χ2v) is 6.11. The van der Waals surface area contributed by atoms with Crippen LogP contribution < -0.4 is 5.32 Å². The summed E-state index contributed by atoms with van der Waals surface area (Å²) in [7, 11) is 0. The molecule has 0 aromatic heterocycles. The smallest absolute Gasteiger partial charge is 0.124 e. The van der Waals surface area contributed by atoms with Crippen molar-refractivity contribution in [3.8, 4) is 0 Å². The first-order valence-corrected chi connectivity index (χ1v) is 7.48. The average molecular weight is 316 g/mol. The van der Waals surface area contributed by atoms with Gasteiger partial charge in [-0.1, -0.05) is 36.7 Å². The highest BCUT2D eigenvalue weighted by Gasteiger charge is 2.14. The molecule has 18 heavy (non-hydrogen) atoms. The summed E-state index contributed by atoms with van der Waals surface area (Å²) in [6.07, 6.45) is 2.07. The van der Waals surface area contributed by atoms with Crippen LogP contribution in [0.15, 0.2) is 22.7 Å². The van der Waals surface area contributed by atoms with E-state index in [2.05, 4.69) is 42.0 Å². The van der Waals surface area contributed by atoms with E-state index in [0.29, 0.717) is 11.8 Å². The molecular formula is C15H23BrFN. The van der Waals surface area contributed by atoms with Gasteiger partial charge in [0.2, 0.25) is 0 Å². The predicted octanol–water partition coefficient (Wildman–Crippen LogP) is 4.40. The maximum atomic E-state index is 13.3. The van der Waals surface area contributed by atoms with Gasteiger partial charge in [-0.25, -0.2) is 4.39 Å². The molecule has 3 heteroatoms. The lowest BCUT2D eigenvalue weighted by atomic mass is 9.89. The van der Waals surface area contributed by atoms with E-state index in [1.54, 1.807) is 6.07 Å². The van der Waals surface area contributed by atoms with Crippen LogP contribution in [0.5, 0.6) is 0 Å². The fourth-order valence-corrected chi connectivity index (χ4v) is 2.55. The number of rotatable bonds is 7. The molecule has 1 unspecified atom stereocenters. The summed E-state index contributed by atoms with van der Waals surface area (Å²) in [5, 5.41) is 3.46. The van der Waals surface area contributed by atoms with Crippen LogP contribution in [0, 0.1) is 17.7 Å². The van der Waals surface area contributed by atoms with Gasteiger partial charge in [0, 0.05) is 4.47 Å². The topological polar surface area (TPSA) is 12.0 Å². The van der Waals surface area contributed by atoms with Crippen molar-refractivity contribution in [3.63, 3.8) is 0 Å². The minimum Gasteiger partial charge on any atom is -0.316 e. The Morgan fingerprint density at radius 2 is 2.00 bits per heavy atom. The highest BCUT2D eigenvalue weighted by atomic mass is 79.9. The maximum absolute atomic E-state index is 13.3. The van der Waals surface area contributed by atoms with E-state index < -0.39 is 0 Å². The van der Waals surface area contributed by atoms with Crippen LogP contribution in [-0.2, 0) is 6.42 Å². The lowest BCUT2D eigenvalue weighted by molar-refractivity contribution is 0.360. The predicted molar refractivity (Wildman–Crippen MR) is 79.3 cm³/mol. The summed E-state index contributed by atoms with van der Waals surface area (Å²) < 4.78 is 14.2. The Morgan fingerprint density at radius 3 is 2.56 bits per heavy atom. The van der Waals surface area contributed by atoms with E-state index in [1.165, 1.54) is 6.07 Å². The van der Waals surface area contributed by atoms with Crippen LogP contribution in [0.4, 0.5) is 4.39 Å². The van der Waals surface area contributed by atoms with Crippen LogP contribution in [0.2, 0.25) is 0 Å². The molecule has 0 fully saturated rings. The van der Waals surface area contributed by atoms with Crippen molar-refractivity contribution in [3.05, 3.63) is 34.1 Å². The molecule has 0 saturated heterocycles. The lowest BCUT2D eigenvalue weighted by Crippen LogP contribution is -2.28. The molecule has 0 bridgehead atoms. The Hall–Kier alpha value is -0.410. The molecule has 1 atom stereocenters. The Bertz CT molecular complexity index is 345. The van der Waals surface area contributed by atoms with Crippen LogP contribution in [0.1, 0.15) is 32.8 Å². The molecule has 0 aliphatic carbocycles. The second kappa shape index (κ2) is 7.90.